The summed E-state index contributed by atoms with van der Waals surface area (Å²) in [6.45, 7) is 0.296. The number of hydrogen-bond acceptors (Lipinski definition) is 4. The molecule has 9 heteroatoms. The molecule has 0 saturated carbocycles. The highest BCUT2D eigenvalue weighted by molar-refractivity contribution is 7.80. The topological polar surface area (TPSA) is 79.5 Å². The van der Waals surface area contributed by atoms with Crippen molar-refractivity contribution >= 4 is 52.3 Å². The van der Waals surface area contributed by atoms with Gasteiger partial charge in [-0.1, -0.05) is 65.7 Å². The normalized spacial score (nSPS) is 10.2. The summed E-state index contributed by atoms with van der Waals surface area (Å²) in [6, 6.07) is 21.9. The summed E-state index contributed by atoms with van der Waals surface area (Å²) < 4.78 is 5.54. The lowest BCUT2D eigenvalue weighted by Crippen LogP contribution is -2.48. The third kappa shape index (κ3) is 7.75. The van der Waals surface area contributed by atoms with Crippen molar-refractivity contribution in [3.8, 4) is 16.9 Å². The van der Waals surface area contributed by atoms with Gasteiger partial charge in [0, 0.05) is 17.0 Å². The van der Waals surface area contributed by atoms with Crippen molar-refractivity contribution in [3.05, 3.63) is 88.4 Å². The number of nitrogens with one attached hydrogen (secondary N) is 3. The highest BCUT2D eigenvalue weighted by Gasteiger charge is 2.09. The van der Waals surface area contributed by atoms with E-state index >= 15 is 0 Å². The van der Waals surface area contributed by atoms with Gasteiger partial charge in [0.15, 0.2) is 5.11 Å². The zero-order valence-corrected chi connectivity index (χ0v) is 19.8. The zero-order chi connectivity index (χ0) is 23.6. The minimum Gasteiger partial charge on any atom is -0.492 e. The van der Waals surface area contributed by atoms with E-state index in [1.807, 2.05) is 42.5 Å². The fourth-order valence-corrected chi connectivity index (χ4v) is 3.49. The van der Waals surface area contributed by atoms with Crippen LogP contribution in [0, 0.1) is 0 Å². The van der Waals surface area contributed by atoms with Gasteiger partial charge >= 0.3 is 0 Å². The third-order valence-electron chi connectivity index (χ3n) is 4.50. The van der Waals surface area contributed by atoms with Gasteiger partial charge in [0.05, 0.1) is 11.6 Å². The summed E-state index contributed by atoms with van der Waals surface area (Å²) in [6.07, 6.45) is 0.634. The summed E-state index contributed by atoms with van der Waals surface area (Å²) in [4.78, 5) is 24.3. The monoisotopic (exact) mass is 501 g/mol. The molecule has 0 heterocycles. The van der Waals surface area contributed by atoms with Crippen LogP contribution in [0.3, 0.4) is 0 Å². The second-order valence-corrected chi connectivity index (χ2v) is 8.18. The molecule has 0 radical (unpaired) electrons. The predicted octanol–water partition coefficient (Wildman–Crippen LogP) is 5.16. The summed E-state index contributed by atoms with van der Waals surface area (Å²) in [5.74, 6) is -0.183. The number of ether oxygens (including phenoxy) is 1. The molecule has 3 aromatic rings. The lowest BCUT2D eigenvalue weighted by molar-refractivity contribution is -0.119. The van der Waals surface area contributed by atoms with Crippen molar-refractivity contribution in [1.82, 2.24) is 16.2 Å². The van der Waals surface area contributed by atoms with Crippen molar-refractivity contribution < 1.29 is 14.3 Å². The number of halogens is 2. The Morgan fingerprint density at radius 1 is 0.879 bits per heavy atom. The van der Waals surface area contributed by atoms with E-state index in [0.29, 0.717) is 34.4 Å². The average Bonchev–Trinajstić information content (AvgIpc) is 2.82. The number of thiocarbonyl (C=S) groups is 1. The molecule has 0 atom stereocenters. The quantitative estimate of drug-likeness (QED) is 0.237. The molecule has 0 bridgehead atoms. The molecule has 0 fully saturated rings. The van der Waals surface area contributed by atoms with Gasteiger partial charge in [-0.15, -0.1) is 0 Å². The lowest BCUT2D eigenvalue weighted by atomic mass is 10.0. The average molecular weight is 502 g/mol. The SMILES string of the molecule is O=C(CCCOc1ccc(Cl)cc1Cl)NC(=S)NNC(=O)c1ccc(-c2ccccc2)cc1. The molecule has 6 nitrogen and oxygen atoms in total. The first kappa shape index (κ1) is 24.5. The van der Waals surface area contributed by atoms with Gasteiger partial charge in [0.1, 0.15) is 5.75 Å². The van der Waals surface area contributed by atoms with Crippen LogP contribution in [-0.4, -0.2) is 23.5 Å². The van der Waals surface area contributed by atoms with Crippen LogP contribution in [0.15, 0.2) is 72.8 Å². The third-order valence-corrected chi connectivity index (χ3v) is 5.23. The molecule has 0 aliphatic heterocycles. The molecule has 0 saturated heterocycles. The summed E-state index contributed by atoms with van der Waals surface area (Å²) in [7, 11) is 0. The maximum atomic E-state index is 12.3. The Kier molecular flexibility index (Phi) is 9.06. The standard InChI is InChI=1S/C24H21Cl2N3O3S/c25-19-12-13-21(20(26)15-19)32-14-4-7-22(30)27-24(33)29-28-23(31)18-10-8-17(9-11-18)16-5-2-1-3-6-16/h1-3,5-6,8-13,15H,4,7,14H2,(H,28,31)(H2,27,29,30,33). The summed E-state index contributed by atoms with van der Waals surface area (Å²) in [5.41, 5.74) is 7.51. The Morgan fingerprint density at radius 3 is 2.27 bits per heavy atom. The fourth-order valence-electron chi connectivity index (χ4n) is 2.86. The molecule has 3 aromatic carbocycles. The van der Waals surface area contributed by atoms with E-state index in [1.165, 1.54) is 0 Å². The van der Waals surface area contributed by atoms with Crippen LogP contribution in [0.1, 0.15) is 23.2 Å². The van der Waals surface area contributed by atoms with Gasteiger partial charge in [0.25, 0.3) is 5.91 Å². The molecule has 0 aliphatic carbocycles. The first-order valence-corrected chi connectivity index (χ1v) is 11.2. The molecule has 2 amide bonds. The number of benzene rings is 3. The Bertz CT molecular complexity index is 1130. The summed E-state index contributed by atoms with van der Waals surface area (Å²) >= 11 is 16.9. The van der Waals surface area contributed by atoms with Gasteiger partial charge in [-0.3, -0.25) is 20.4 Å². The molecule has 3 rings (SSSR count). The molecular weight excluding hydrogens is 481 g/mol. The first-order chi connectivity index (χ1) is 15.9. The van der Waals surface area contributed by atoms with E-state index in [-0.39, 0.29) is 23.3 Å². The number of carbonyl (C=O) groups is 2. The largest absolute Gasteiger partial charge is 0.492 e. The van der Waals surface area contributed by atoms with Crippen molar-refractivity contribution in [3.63, 3.8) is 0 Å². The second-order valence-electron chi connectivity index (χ2n) is 6.93. The van der Waals surface area contributed by atoms with Crippen molar-refractivity contribution in [2.24, 2.45) is 0 Å². The van der Waals surface area contributed by atoms with Crippen molar-refractivity contribution in [2.45, 2.75) is 12.8 Å². The molecule has 0 aromatic heterocycles. The second kappa shape index (κ2) is 12.2. The minimum absolute atomic E-state index is 0.00378. The summed E-state index contributed by atoms with van der Waals surface area (Å²) in [5, 5.41) is 3.42. The molecule has 0 aliphatic rings. The Morgan fingerprint density at radius 2 is 1.58 bits per heavy atom. The predicted molar refractivity (Wildman–Crippen MR) is 134 cm³/mol. The van der Waals surface area contributed by atoms with Crippen LogP contribution < -0.4 is 20.9 Å². The molecule has 33 heavy (non-hydrogen) atoms. The van der Waals surface area contributed by atoms with Gasteiger partial charge in [0.2, 0.25) is 5.91 Å². The smallest absolute Gasteiger partial charge is 0.269 e. The van der Waals surface area contributed by atoms with E-state index in [0.717, 1.165) is 11.1 Å². The minimum atomic E-state index is -0.376. The number of hydrogen-bond donors (Lipinski definition) is 3. The van der Waals surface area contributed by atoms with Gasteiger partial charge in [-0.25, -0.2) is 0 Å². The Balaban J connectivity index is 1.36. The molecule has 3 N–H and O–H groups in total. The molecular formula is C24H21Cl2N3O3S. The van der Waals surface area contributed by atoms with E-state index in [1.54, 1.807) is 30.3 Å². The van der Waals surface area contributed by atoms with E-state index < -0.39 is 0 Å². The number of carbonyl (C=O) groups excluding carboxylic acids is 2. The molecule has 170 valence electrons. The molecule has 0 unspecified atom stereocenters. The van der Waals surface area contributed by atoms with Crippen molar-refractivity contribution in [1.29, 1.82) is 0 Å². The van der Waals surface area contributed by atoms with Crippen LogP contribution in [0.2, 0.25) is 10.0 Å². The van der Waals surface area contributed by atoms with Gasteiger partial charge in [-0.05, 0) is 60.1 Å². The van der Waals surface area contributed by atoms with Crippen LogP contribution in [0.4, 0.5) is 0 Å². The maximum Gasteiger partial charge on any atom is 0.269 e. The maximum absolute atomic E-state index is 12.3. The van der Waals surface area contributed by atoms with Crippen LogP contribution >= 0.6 is 35.4 Å². The van der Waals surface area contributed by atoms with E-state index in [9.17, 15) is 9.59 Å². The number of rotatable bonds is 7. The number of hydrazine groups is 1. The number of amides is 2. The lowest BCUT2D eigenvalue weighted by Gasteiger charge is -2.11. The van der Waals surface area contributed by atoms with E-state index in [4.69, 9.17) is 40.2 Å². The van der Waals surface area contributed by atoms with Gasteiger partial charge in [-0.2, -0.15) is 0 Å². The van der Waals surface area contributed by atoms with Crippen LogP contribution in [0.25, 0.3) is 11.1 Å². The Labute approximate surface area is 207 Å². The zero-order valence-electron chi connectivity index (χ0n) is 17.4. The van der Waals surface area contributed by atoms with Crippen LogP contribution in [0.5, 0.6) is 5.75 Å². The highest BCUT2D eigenvalue weighted by atomic mass is 35.5. The Hall–Kier alpha value is -3.13. The van der Waals surface area contributed by atoms with Gasteiger partial charge < -0.3 is 10.1 Å². The first-order valence-electron chi connectivity index (χ1n) is 10.1. The highest BCUT2D eigenvalue weighted by Crippen LogP contribution is 2.27. The van der Waals surface area contributed by atoms with Crippen molar-refractivity contribution in [2.75, 3.05) is 6.61 Å². The fraction of sp³-hybridized carbons (Fsp3) is 0.125. The van der Waals surface area contributed by atoms with Crippen LogP contribution in [-0.2, 0) is 4.79 Å². The van der Waals surface area contributed by atoms with E-state index in [2.05, 4.69) is 16.2 Å². The molecule has 0 spiro atoms.